The van der Waals surface area contributed by atoms with E-state index in [-0.39, 0.29) is 17.3 Å². The maximum absolute atomic E-state index is 14.5. The van der Waals surface area contributed by atoms with Crippen molar-refractivity contribution in [3.05, 3.63) is 37.0 Å². The molecule has 0 aromatic carbocycles. The average Bonchev–Trinajstić information content (AvgIpc) is 3.25. The zero-order chi connectivity index (χ0) is 18.2. The van der Waals surface area contributed by atoms with E-state index in [1.165, 1.54) is 6.20 Å². The third-order valence-corrected chi connectivity index (χ3v) is 4.33. The first-order valence-corrected chi connectivity index (χ1v) is 8.33. The minimum Gasteiger partial charge on any atom is -0.381 e. The summed E-state index contributed by atoms with van der Waals surface area (Å²) < 4.78 is 14.5. The van der Waals surface area contributed by atoms with Crippen molar-refractivity contribution >= 4 is 13.1 Å². The lowest BCUT2D eigenvalue weighted by Crippen LogP contribution is -2.23. The number of allylic oxidation sites excluding steroid dienone is 1. The van der Waals surface area contributed by atoms with E-state index in [0.29, 0.717) is 19.4 Å². The minimum absolute atomic E-state index is 0.240. The van der Waals surface area contributed by atoms with Gasteiger partial charge in [0.15, 0.2) is 0 Å². The summed E-state index contributed by atoms with van der Waals surface area (Å²) in [5.41, 5.74) is 0.245. The topological polar surface area (TPSA) is 35.9 Å². The molecule has 2 atom stereocenters. The van der Waals surface area contributed by atoms with Crippen molar-refractivity contribution in [1.82, 2.24) is 9.80 Å². The maximum atomic E-state index is 14.5. The lowest BCUT2D eigenvalue weighted by Gasteiger charge is -2.22. The molecular formula is C19H30FN3O. The lowest BCUT2D eigenvalue weighted by molar-refractivity contribution is -0.116. The fourth-order valence-electron chi connectivity index (χ4n) is 2.61. The molecule has 0 aromatic rings. The Bertz CT molecular complexity index is 495. The number of carbonyl (C=O) groups excluding carboxylic acids is 1. The van der Waals surface area contributed by atoms with Crippen LogP contribution in [0.1, 0.15) is 32.6 Å². The Hall–Kier alpha value is -1.91. The van der Waals surface area contributed by atoms with Crippen LogP contribution in [0.2, 0.25) is 0 Å². The molecule has 0 bridgehead atoms. The van der Waals surface area contributed by atoms with Gasteiger partial charge in [0.2, 0.25) is 6.41 Å². The number of amides is 1. The summed E-state index contributed by atoms with van der Waals surface area (Å²) in [6.45, 7) is 10.2. The summed E-state index contributed by atoms with van der Waals surface area (Å²) in [7, 11) is 3.56. The van der Waals surface area contributed by atoms with Crippen LogP contribution < -0.4 is 0 Å². The molecule has 1 fully saturated rings. The monoisotopic (exact) mass is 335 g/mol. The van der Waals surface area contributed by atoms with Crippen LogP contribution in [0.25, 0.3) is 0 Å². The van der Waals surface area contributed by atoms with Gasteiger partial charge in [-0.15, -0.1) is 6.58 Å². The number of nitrogens with zero attached hydrogens (tertiary/aromatic N) is 3. The third kappa shape index (κ3) is 6.69. The lowest BCUT2D eigenvalue weighted by atomic mass is 9.92. The number of hydrogen-bond acceptors (Lipinski definition) is 3. The predicted molar refractivity (Wildman–Crippen MR) is 98.4 cm³/mol. The molecule has 1 rings (SSSR count). The second-order valence-corrected chi connectivity index (χ2v) is 7.07. The quantitative estimate of drug-likeness (QED) is 0.309. The fraction of sp³-hybridized carbons (Fsp3) is 0.579. The van der Waals surface area contributed by atoms with Gasteiger partial charge in [0.25, 0.3) is 0 Å². The molecule has 1 amide bonds. The molecule has 1 aliphatic carbocycles. The van der Waals surface area contributed by atoms with Crippen LogP contribution in [-0.4, -0.2) is 49.6 Å². The number of aliphatic imine (C=N–C) groups is 1. The van der Waals surface area contributed by atoms with Gasteiger partial charge in [-0.25, -0.2) is 4.39 Å². The van der Waals surface area contributed by atoms with E-state index in [9.17, 15) is 9.18 Å². The summed E-state index contributed by atoms with van der Waals surface area (Å²) in [5, 5.41) is 0. The normalized spacial score (nSPS) is 18.8. The molecule has 0 N–H and O–H groups in total. The highest BCUT2D eigenvalue weighted by atomic mass is 19.1. The van der Waals surface area contributed by atoms with Crippen LogP contribution in [0.15, 0.2) is 42.0 Å². The first-order chi connectivity index (χ1) is 11.3. The molecule has 0 spiro atoms. The molecule has 134 valence electrons. The molecule has 0 radical (unpaired) electrons. The van der Waals surface area contributed by atoms with Gasteiger partial charge >= 0.3 is 0 Å². The number of hydrogen-bond donors (Lipinski definition) is 0. The number of rotatable bonds is 12. The van der Waals surface area contributed by atoms with Crippen LogP contribution >= 0.6 is 0 Å². The van der Waals surface area contributed by atoms with Crippen molar-refractivity contribution < 1.29 is 9.18 Å². The van der Waals surface area contributed by atoms with Crippen LogP contribution in [0.3, 0.4) is 0 Å². The molecule has 5 heteroatoms. The van der Waals surface area contributed by atoms with Gasteiger partial charge in [0, 0.05) is 39.0 Å². The zero-order valence-corrected chi connectivity index (χ0v) is 15.1. The van der Waals surface area contributed by atoms with Gasteiger partial charge in [0.1, 0.15) is 5.83 Å². The van der Waals surface area contributed by atoms with Gasteiger partial charge in [-0.2, -0.15) is 0 Å². The van der Waals surface area contributed by atoms with Crippen molar-refractivity contribution in [2.45, 2.75) is 38.6 Å². The van der Waals surface area contributed by atoms with E-state index in [2.05, 4.69) is 25.2 Å². The third-order valence-electron chi connectivity index (χ3n) is 4.33. The van der Waals surface area contributed by atoms with Crippen LogP contribution in [0.5, 0.6) is 0 Å². The summed E-state index contributed by atoms with van der Waals surface area (Å²) in [5.74, 6) is -0.653. The predicted octanol–water partition coefficient (Wildman–Crippen LogP) is 3.78. The van der Waals surface area contributed by atoms with Gasteiger partial charge < -0.3 is 9.80 Å². The Labute approximate surface area is 145 Å². The van der Waals surface area contributed by atoms with Crippen molar-refractivity contribution in [2.24, 2.45) is 16.3 Å². The van der Waals surface area contributed by atoms with Crippen molar-refractivity contribution in [1.29, 1.82) is 0 Å². The minimum atomic E-state index is -0.413. The van der Waals surface area contributed by atoms with E-state index in [1.54, 1.807) is 36.2 Å². The second-order valence-electron chi connectivity index (χ2n) is 7.07. The number of halogens is 1. The van der Waals surface area contributed by atoms with Crippen molar-refractivity contribution in [3.63, 3.8) is 0 Å². The standard InChI is InChI=1S/C19H30FN3O/c1-6-8-18(21-3)16(17(20)13-22(4)5)9-7-12-23(15-24)14-19(2)10-11-19/h6-7,12-13,15-16,18H,1,3,8-11,14H2,2,4-5H3/b12-7+,17-13-. The summed E-state index contributed by atoms with van der Waals surface area (Å²) in [6.07, 6.45) is 10.9. The maximum Gasteiger partial charge on any atom is 0.213 e. The zero-order valence-electron chi connectivity index (χ0n) is 15.1. The highest BCUT2D eigenvalue weighted by Crippen LogP contribution is 2.45. The van der Waals surface area contributed by atoms with E-state index in [4.69, 9.17) is 0 Å². The highest BCUT2D eigenvalue weighted by molar-refractivity contribution is 5.49. The molecule has 0 aromatic heterocycles. The van der Waals surface area contributed by atoms with Crippen molar-refractivity contribution in [2.75, 3.05) is 20.6 Å². The smallest absolute Gasteiger partial charge is 0.213 e. The first kappa shape index (κ1) is 20.1. The first-order valence-electron chi connectivity index (χ1n) is 8.33. The summed E-state index contributed by atoms with van der Waals surface area (Å²) in [6, 6.07) is -0.269. The van der Waals surface area contributed by atoms with E-state index >= 15 is 0 Å². The molecular weight excluding hydrogens is 305 g/mol. The average molecular weight is 335 g/mol. The molecule has 0 aliphatic heterocycles. The Kier molecular flexibility index (Phi) is 7.89. The largest absolute Gasteiger partial charge is 0.381 e. The molecule has 1 saturated carbocycles. The Morgan fingerprint density at radius 2 is 2.04 bits per heavy atom. The molecule has 2 unspecified atom stereocenters. The Morgan fingerprint density at radius 1 is 1.38 bits per heavy atom. The molecule has 1 aliphatic rings. The number of carbonyl (C=O) groups is 1. The van der Waals surface area contributed by atoms with Gasteiger partial charge in [-0.1, -0.05) is 19.1 Å². The SMILES string of the molecule is C=CCC(N=C)C(C/C=C/N(C=O)CC1(C)CC1)/C(F)=C/N(C)C. The van der Waals surface area contributed by atoms with E-state index < -0.39 is 5.92 Å². The fourth-order valence-corrected chi connectivity index (χ4v) is 2.61. The van der Waals surface area contributed by atoms with Crippen LogP contribution in [-0.2, 0) is 4.79 Å². The van der Waals surface area contributed by atoms with Gasteiger partial charge in [-0.05, 0) is 37.8 Å². The summed E-state index contributed by atoms with van der Waals surface area (Å²) >= 11 is 0. The highest BCUT2D eigenvalue weighted by Gasteiger charge is 2.38. The van der Waals surface area contributed by atoms with Gasteiger partial charge in [0.05, 0.1) is 6.04 Å². The Morgan fingerprint density at radius 3 is 2.50 bits per heavy atom. The Balaban J connectivity index is 2.78. The molecule has 4 nitrogen and oxygen atoms in total. The molecule has 0 heterocycles. The molecule has 0 saturated heterocycles. The molecule has 24 heavy (non-hydrogen) atoms. The van der Waals surface area contributed by atoms with E-state index in [1.807, 2.05) is 6.08 Å². The second kappa shape index (κ2) is 9.40. The summed E-state index contributed by atoms with van der Waals surface area (Å²) in [4.78, 5) is 18.6. The van der Waals surface area contributed by atoms with Crippen LogP contribution in [0.4, 0.5) is 4.39 Å². The van der Waals surface area contributed by atoms with Crippen molar-refractivity contribution in [3.8, 4) is 0 Å². The van der Waals surface area contributed by atoms with Crippen LogP contribution in [0, 0.1) is 11.3 Å². The van der Waals surface area contributed by atoms with Gasteiger partial charge in [-0.3, -0.25) is 9.79 Å². The van der Waals surface area contributed by atoms with E-state index in [0.717, 1.165) is 19.3 Å².